The van der Waals surface area contributed by atoms with Gasteiger partial charge < -0.3 is 10.6 Å². The molecular weight excluding hydrogens is 467 g/mol. The number of carbonyl (C=O) groups is 1. The summed E-state index contributed by atoms with van der Waals surface area (Å²) in [6.45, 7) is 0.638. The van der Waals surface area contributed by atoms with E-state index in [0.717, 1.165) is 11.5 Å². The molecule has 0 radical (unpaired) electrons. The summed E-state index contributed by atoms with van der Waals surface area (Å²) in [6, 6.07) is 12.8. The number of piperazine rings is 1. The third-order valence-electron chi connectivity index (χ3n) is 5.97. The molecule has 3 aromatic rings. The van der Waals surface area contributed by atoms with Crippen LogP contribution in [0.3, 0.4) is 0 Å². The van der Waals surface area contributed by atoms with Crippen LogP contribution in [0.25, 0.3) is 10.8 Å². The Labute approximate surface area is 195 Å². The van der Waals surface area contributed by atoms with E-state index in [1.54, 1.807) is 24.3 Å². The zero-order chi connectivity index (χ0) is 24.5. The molecule has 180 valence electrons. The molecular formula is C24H24F3N3O3S. The monoisotopic (exact) mass is 491 g/mol. The van der Waals surface area contributed by atoms with Gasteiger partial charge in [-0.25, -0.2) is 21.6 Å². The number of amides is 1. The molecule has 0 spiro atoms. The second-order valence-electron chi connectivity index (χ2n) is 8.29. The molecule has 1 aliphatic rings. The summed E-state index contributed by atoms with van der Waals surface area (Å²) in [7, 11) is -3.75. The van der Waals surface area contributed by atoms with Gasteiger partial charge in [-0.15, -0.1) is 0 Å². The molecule has 0 saturated carbocycles. The van der Waals surface area contributed by atoms with E-state index in [-0.39, 0.29) is 55.4 Å². The van der Waals surface area contributed by atoms with Gasteiger partial charge in [-0.1, -0.05) is 36.4 Å². The van der Waals surface area contributed by atoms with E-state index >= 15 is 0 Å². The molecule has 1 amide bonds. The Morgan fingerprint density at radius 3 is 2.29 bits per heavy atom. The van der Waals surface area contributed by atoms with Crippen molar-refractivity contribution in [3.63, 3.8) is 0 Å². The second-order valence-corrected chi connectivity index (χ2v) is 10.2. The Kier molecular flexibility index (Phi) is 6.92. The molecule has 1 fully saturated rings. The number of halogens is 3. The first-order chi connectivity index (χ1) is 16.2. The van der Waals surface area contributed by atoms with Crippen molar-refractivity contribution in [2.45, 2.75) is 23.8 Å². The van der Waals surface area contributed by atoms with Gasteiger partial charge in [0.15, 0.2) is 11.6 Å². The summed E-state index contributed by atoms with van der Waals surface area (Å²) in [5, 5.41) is 1.46. The van der Waals surface area contributed by atoms with Crippen molar-refractivity contribution < 1.29 is 26.4 Å². The standard InChI is InChI=1S/C24H24F3N3O3S/c25-20-15-22(27)21(26)13-17(20)12-18(28)14-24(31)29-8-10-30(11-9-29)34(32,33)23-7-3-5-16-4-1-2-6-19(16)23/h1-7,13,15,18H,8-12,14,28H2/t18-/m1/s1. The fourth-order valence-corrected chi connectivity index (χ4v) is 5.80. The summed E-state index contributed by atoms with van der Waals surface area (Å²) < 4.78 is 68.2. The van der Waals surface area contributed by atoms with Crippen molar-refractivity contribution in [3.8, 4) is 0 Å². The SMILES string of the molecule is N[C@@H](CC(=O)N1CCN(S(=O)(=O)c2cccc3ccccc23)CC1)Cc1cc(F)c(F)cc1F. The van der Waals surface area contributed by atoms with E-state index in [1.807, 2.05) is 18.2 Å². The van der Waals surface area contributed by atoms with Crippen molar-refractivity contribution >= 4 is 26.7 Å². The molecule has 6 nitrogen and oxygen atoms in total. The highest BCUT2D eigenvalue weighted by Gasteiger charge is 2.31. The lowest BCUT2D eigenvalue weighted by Gasteiger charge is -2.34. The van der Waals surface area contributed by atoms with Gasteiger partial charge in [0.25, 0.3) is 0 Å². The Hall–Kier alpha value is -2.95. The minimum atomic E-state index is -3.75. The molecule has 0 aliphatic carbocycles. The number of nitrogens with two attached hydrogens (primary N) is 1. The van der Waals surface area contributed by atoms with E-state index in [1.165, 1.54) is 9.21 Å². The third-order valence-corrected chi connectivity index (χ3v) is 7.92. The van der Waals surface area contributed by atoms with Gasteiger partial charge in [-0.2, -0.15) is 4.31 Å². The highest BCUT2D eigenvalue weighted by Crippen LogP contribution is 2.26. The van der Waals surface area contributed by atoms with Gasteiger partial charge in [-0.3, -0.25) is 4.79 Å². The quantitative estimate of drug-likeness (QED) is 0.538. The summed E-state index contributed by atoms with van der Waals surface area (Å²) in [5.41, 5.74) is 5.85. The highest BCUT2D eigenvalue weighted by atomic mass is 32.2. The van der Waals surface area contributed by atoms with Gasteiger partial charge in [0.1, 0.15) is 5.82 Å². The van der Waals surface area contributed by atoms with Crippen LogP contribution >= 0.6 is 0 Å². The maximum absolute atomic E-state index is 13.9. The smallest absolute Gasteiger partial charge is 0.243 e. The first-order valence-electron chi connectivity index (χ1n) is 10.8. The maximum Gasteiger partial charge on any atom is 0.243 e. The molecule has 1 heterocycles. The molecule has 34 heavy (non-hydrogen) atoms. The van der Waals surface area contributed by atoms with Crippen molar-refractivity contribution in [2.75, 3.05) is 26.2 Å². The zero-order valence-corrected chi connectivity index (χ0v) is 19.1. The fourth-order valence-electron chi connectivity index (χ4n) is 4.17. The summed E-state index contributed by atoms with van der Waals surface area (Å²) >= 11 is 0. The molecule has 1 saturated heterocycles. The second kappa shape index (κ2) is 9.73. The van der Waals surface area contributed by atoms with Gasteiger partial charge in [0, 0.05) is 50.1 Å². The normalized spacial score (nSPS) is 16.1. The van der Waals surface area contributed by atoms with Crippen LogP contribution in [0.15, 0.2) is 59.5 Å². The van der Waals surface area contributed by atoms with E-state index in [4.69, 9.17) is 5.73 Å². The topological polar surface area (TPSA) is 83.7 Å². The Morgan fingerprint density at radius 1 is 0.912 bits per heavy atom. The van der Waals surface area contributed by atoms with Crippen LogP contribution in [0.1, 0.15) is 12.0 Å². The first-order valence-corrected chi connectivity index (χ1v) is 12.3. The number of hydrogen-bond acceptors (Lipinski definition) is 4. The summed E-state index contributed by atoms with van der Waals surface area (Å²) in [4.78, 5) is 14.4. The average molecular weight is 492 g/mol. The van der Waals surface area contributed by atoms with Gasteiger partial charge in [0.2, 0.25) is 15.9 Å². The molecule has 10 heteroatoms. The van der Waals surface area contributed by atoms with Crippen molar-refractivity contribution in [1.29, 1.82) is 0 Å². The number of fused-ring (bicyclic) bond motifs is 1. The lowest BCUT2D eigenvalue weighted by molar-refractivity contribution is -0.132. The molecule has 0 unspecified atom stereocenters. The van der Waals surface area contributed by atoms with Gasteiger partial charge in [0.05, 0.1) is 4.90 Å². The molecule has 4 rings (SSSR count). The van der Waals surface area contributed by atoms with Crippen molar-refractivity contribution in [3.05, 3.63) is 77.6 Å². The fraction of sp³-hybridized carbons (Fsp3) is 0.292. The van der Waals surface area contributed by atoms with E-state index < -0.39 is 33.5 Å². The molecule has 2 N–H and O–H groups in total. The van der Waals surface area contributed by atoms with Crippen LogP contribution in [-0.2, 0) is 21.2 Å². The number of nitrogens with zero attached hydrogens (tertiary/aromatic N) is 2. The lowest BCUT2D eigenvalue weighted by Crippen LogP contribution is -2.51. The van der Waals surface area contributed by atoms with Crippen LogP contribution in [0.4, 0.5) is 13.2 Å². The summed E-state index contributed by atoms with van der Waals surface area (Å²) in [5.74, 6) is -3.70. The van der Waals surface area contributed by atoms with E-state index in [9.17, 15) is 26.4 Å². The summed E-state index contributed by atoms with van der Waals surface area (Å²) in [6.07, 6.45) is -0.265. The minimum Gasteiger partial charge on any atom is -0.340 e. The van der Waals surface area contributed by atoms with E-state index in [0.29, 0.717) is 11.5 Å². The predicted molar refractivity (Wildman–Crippen MR) is 122 cm³/mol. The Morgan fingerprint density at radius 2 is 1.56 bits per heavy atom. The average Bonchev–Trinajstić information content (AvgIpc) is 2.82. The zero-order valence-electron chi connectivity index (χ0n) is 18.3. The van der Waals surface area contributed by atoms with E-state index in [2.05, 4.69) is 0 Å². The number of sulfonamides is 1. The third kappa shape index (κ3) is 4.94. The molecule has 0 bridgehead atoms. The number of hydrogen-bond donors (Lipinski definition) is 1. The maximum atomic E-state index is 13.9. The molecule has 1 aliphatic heterocycles. The highest BCUT2D eigenvalue weighted by molar-refractivity contribution is 7.89. The van der Waals surface area contributed by atoms with Crippen LogP contribution in [-0.4, -0.2) is 55.8 Å². The number of benzene rings is 3. The van der Waals surface area contributed by atoms with Crippen LogP contribution in [0.2, 0.25) is 0 Å². The van der Waals surface area contributed by atoms with Crippen molar-refractivity contribution in [1.82, 2.24) is 9.21 Å². The minimum absolute atomic E-state index is 0.106. The molecule has 3 aromatic carbocycles. The first kappa shape index (κ1) is 24.2. The molecule has 0 aromatic heterocycles. The number of carbonyl (C=O) groups excluding carboxylic acids is 1. The largest absolute Gasteiger partial charge is 0.340 e. The van der Waals surface area contributed by atoms with Crippen molar-refractivity contribution in [2.24, 2.45) is 5.73 Å². The lowest BCUT2D eigenvalue weighted by atomic mass is 10.0. The number of rotatable bonds is 6. The predicted octanol–water partition coefficient (Wildman–Crippen LogP) is 3.05. The molecule has 1 atom stereocenters. The van der Waals surface area contributed by atoms with Gasteiger partial charge in [-0.05, 0) is 29.5 Å². The Balaban J connectivity index is 1.37. The van der Waals surface area contributed by atoms with Crippen LogP contribution < -0.4 is 5.73 Å². The van der Waals surface area contributed by atoms with Crippen LogP contribution in [0, 0.1) is 17.5 Å². The Bertz CT molecular complexity index is 1320. The van der Waals surface area contributed by atoms with Gasteiger partial charge >= 0.3 is 0 Å². The van der Waals surface area contributed by atoms with Crippen LogP contribution in [0.5, 0.6) is 0 Å².